The predicted molar refractivity (Wildman–Crippen MR) is 63.2 cm³/mol. The van der Waals surface area contributed by atoms with Gasteiger partial charge in [-0.3, -0.25) is 0 Å². The number of ether oxygens (including phenoxy) is 1. The standard InChI is InChI=1S/C8H4BrF3INO3/c9-1-3-4(13)2-14-6(5(3)7(15)16)17-8(10,11)12/h2H,1H2,(H,15,16). The third kappa shape index (κ3) is 3.69. The van der Waals surface area contributed by atoms with Gasteiger partial charge in [0.05, 0.1) is 0 Å². The third-order valence-corrected chi connectivity index (χ3v) is 3.15. The van der Waals surface area contributed by atoms with Crippen molar-refractivity contribution in [2.24, 2.45) is 0 Å². The van der Waals surface area contributed by atoms with E-state index in [9.17, 15) is 18.0 Å². The molecule has 1 N–H and O–H groups in total. The van der Waals surface area contributed by atoms with Gasteiger partial charge in [-0.25, -0.2) is 9.78 Å². The van der Waals surface area contributed by atoms with Gasteiger partial charge in [0.15, 0.2) is 0 Å². The minimum absolute atomic E-state index is 0.0869. The summed E-state index contributed by atoms with van der Waals surface area (Å²) >= 11 is 4.79. The molecule has 1 heterocycles. The molecule has 9 heteroatoms. The summed E-state index contributed by atoms with van der Waals surface area (Å²) in [6.07, 6.45) is -3.86. The molecule has 0 saturated carbocycles. The number of carboxylic acid groups (broad SMARTS) is 1. The Morgan fingerprint density at radius 2 is 2.18 bits per heavy atom. The molecule has 0 aromatic carbocycles. The summed E-state index contributed by atoms with van der Waals surface area (Å²) in [6, 6.07) is 0. The van der Waals surface area contributed by atoms with Crippen molar-refractivity contribution in [2.45, 2.75) is 11.7 Å². The second-order valence-corrected chi connectivity index (χ2v) is 4.47. The van der Waals surface area contributed by atoms with Gasteiger partial charge in [-0.15, -0.1) is 13.2 Å². The second-order valence-electron chi connectivity index (χ2n) is 2.75. The number of hydrogen-bond donors (Lipinski definition) is 1. The highest BCUT2D eigenvalue weighted by molar-refractivity contribution is 14.1. The lowest BCUT2D eigenvalue weighted by Crippen LogP contribution is -2.21. The smallest absolute Gasteiger partial charge is 0.477 e. The number of hydrogen-bond acceptors (Lipinski definition) is 3. The van der Waals surface area contributed by atoms with Crippen LogP contribution in [0.15, 0.2) is 6.20 Å². The highest BCUT2D eigenvalue weighted by Crippen LogP contribution is 2.30. The molecule has 0 atom stereocenters. The van der Waals surface area contributed by atoms with E-state index in [1.807, 2.05) is 0 Å². The molecule has 94 valence electrons. The number of rotatable bonds is 3. The fourth-order valence-electron chi connectivity index (χ4n) is 1.04. The Labute approximate surface area is 115 Å². The predicted octanol–water partition coefficient (Wildman–Crippen LogP) is 3.18. The van der Waals surface area contributed by atoms with Crippen molar-refractivity contribution in [3.05, 3.63) is 20.9 Å². The van der Waals surface area contributed by atoms with Crippen molar-refractivity contribution < 1.29 is 27.8 Å². The summed E-state index contributed by atoms with van der Waals surface area (Å²) in [5.74, 6) is -2.48. The van der Waals surface area contributed by atoms with Crippen LogP contribution in [0.4, 0.5) is 13.2 Å². The lowest BCUT2D eigenvalue weighted by molar-refractivity contribution is -0.276. The molecular weight excluding hydrogens is 422 g/mol. The van der Waals surface area contributed by atoms with Crippen LogP contribution in [0.5, 0.6) is 5.88 Å². The van der Waals surface area contributed by atoms with E-state index in [2.05, 4.69) is 25.7 Å². The van der Waals surface area contributed by atoms with Crippen molar-refractivity contribution in [2.75, 3.05) is 0 Å². The zero-order chi connectivity index (χ0) is 13.2. The molecule has 0 aliphatic heterocycles. The van der Waals surface area contributed by atoms with Crippen LogP contribution in [0.25, 0.3) is 0 Å². The summed E-state index contributed by atoms with van der Waals surface area (Å²) in [5.41, 5.74) is -0.404. The van der Waals surface area contributed by atoms with Gasteiger partial charge in [-0.1, -0.05) is 15.9 Å². The van der Waals surface area contributed by atoms with Crippen LogP contribution in [0, 0.1) is 3.57 Å². The molecule has 0 saturated heterocycles. The first kappa shape index (κ1) is 14.5. The molecule has 0 radical (unpaired) electrons. The summed E-state index contributed by atoms with van der Waals surface area (Å²) in [4.78, 5) is 14.3. The van der Waals surface area contributed by atoms with Crippen molar-refractivity contribution in [1.82, 2.24) is 4.98 Å². The SMILES string of the molecule is O=C(O)c1c(OC(F)(F)F)ncc(I)c1CBr. The van der Waals surface area contributed by atoms with Gasteiger partial charge in [0.2, 0.25) is 5.88 Å². The summed E-state index contributed by atoms with van der Waals surface area (Å²) < 4.78 is 40.2. The molecule has 0 amide bonds. The Kier molecular flexibility index (Phi) is 4.58. The molecule has 1 aromatic rings. The molecule has 0 unspecified atom stereocenters. The van der Waals surface area contributed by atoms with Gasteiger partial charge in [0, 0.05) is 15.1 Å². The number of pyridine rings is 1. The van der Waals surface area contributed by atoms with Gasteiger partial charge in [0.1, 0.15) is 5.56 Å². The van der Waals surface area contributed by atoms with E-state index in [4.69, 9.17) is 5.11 Å². The third-order valence-electron chi connectivity index (χ3n) is 1.66. The first-order chi connectivity index (χ1) is 7.76. The summed E-state index contributed by atoms with van der Waals surface area (Å²) in [5, 5.41) is 8.97. The van der Waals surface area contributed by atoms with Gasteiger partial charge in [-0.05, 0) is 28.2 Å². The van der Waals surface area contributed by atoms with Crippen LogP contribution in [0.1, 0.15) is 15.9 Å². The van der Waals surface area contributed by atoms with E-state index >= 15 is 0 Å². The monoisotopic (exact) mass is 425 g/mol. The maximum Gasteiger partial charge on any atom is 0.574 e. The van der Waals surface area contributed by atoms with E-state index in [1.54, 1.807) is 22.6 Å². The molecule has 0 aliphatic rings. The highest BCUT2D eigenvalue weighted by atomic mass is 127. The summed E-state index contributed by atoms with van der Waals surface area (Å²) in [6.45, 7) is 0. The van der Waals surface area contributed by atoms with E-state index in [0.29, 0.717) is 3.57 Å². The zero-order valence-corrected chi connectivity index (χ0v) is 11.6. The normalized spacial score (nSPS) is 11.4. The Morgan fingerprint density at radius 3 is 2.59 bits per heavy atom. The number of nitrogens with zero attached hydrogens (tertiary/aromatic N) is 1. The molecule has 1 aromatic heterocycles. The van der Waals surface area contributed by atoms with Gasteiger partial charge < -0.3 is 9.84 Å². The number of aromatic nitrogens is 1. The van der Waals surface area contributed by atoms with Crippen molar-refractivity contribution in [3.63, 3.8) is 0 Å². The Morgan fingerprint density at radius 1 is 1.59 bits per heavy atom. The molecule has 0 spiro atoms. The van der Waals surface area contributed by atoms with E-state index in [0.717, 1.165) is 6.20 Å². The van der Waals surface area contributed by atoms with Crippen molar-refractivity contribution in [1.29, 1.82) is 0 Å². The van der Waals surface area contributed by atoms with Crippen molar-refractivity contribution in [3.8, 4) is 5.88 Å². The van der Waals surface area contributed by atoms with E-state index in [-0.39, 0.29) is 10.9 Å². The molecule has 1 rings (SSSR count). The molecule has 0 aliphatic carbocycles. The van der Waals surface area contributed by atoms with E-state index < -0.39 is 23.8 Å². The Balaban J connectivity index is 3.36. The topological polar surface area (TPSA) is 59.4 Å². The number of halogens is 5. The highest BCUT2D eigenvalue weighted by Gasteiger charge is 2.35. The summed E-state index contributed by atoms with van der Waals surface area (Å²) in [7, 11) is 0. The maximum atomic E-state index is 12.1. The number of alkyl halides is 4. The first-order valence-corrected chi connectivity index (χ1v) is 6.18. The largest absolute Gasteiger partial charge is 0.574 e. The molecule has 17 heavy (non-hydrogen) atoms. The van der Waals surface area contributed by atoms with Crippen molar-refractivity contribution >= 4 is 44.5 Å². The minimum Gasteiger partial charge on any atom is -0.477 e. The minimum atomic E-state index is -4.98. The Bertz CT molecular complexity index is 452. The Hall–Kier alpha value is -0.580. The molecule has 0 fully saturated rings. The maximum absolute atomic E-state index is 12.1. The zero-order valence-electron chi connectivity index (χ0n) is 7.89. The first-order valence-electron chi connectivity index (χ1n) is 3.98. The van der Waals surface area contributed by atoms with Crippen LogP contribution >= 0.6 is 38.5 Å². The molecular formula is C8H4BrF3INO3. The fourth-order valence-corrected chi connectivity index (χ4v) is 2.75. The van der Waals surface area contributed by atoms with E-state index in [1.165, 1.54) is 0 Å². The van der Waals surface area contributed by atoms with Gasteiger partial charge in [0.25, 0.3) is 0 Å². The fraction of sp³-hybridized carbons (Fsp3) is 0.250. The average Bonchev–Trinajstić information content (AvgIpc) is 2.17. The van der Waals surface area contributed by atoms with Crippen LogP contribution in [0.2, 0.25) is 0 Å². The van der Waals surface area contributed by atoms with Gasteiger partial charge in [-0.2, -0.15) is 0 Å². The number of carbonyl (C=O) groups is 1. The number of carboxylic acids is 1. The van der Waals surface area contributed by atoms with Crippen LogP contribution in [-0.4, -0.2) is 22.4 Å². The second kappa shape index (κ2) is 5.38. The lowest BCUT2D eigenvalue weighted by atomic mass is 10.1. The average molecular weight is 426 g/mol. The number of aromatic carboxylic acids is 1. The van der Waals surface area contributed by atoms with Crippen LogP contribution in [0.3, 0.4) is 0 Å². The van der Waals surface area contributed by atoms with Crippen LogP contribution < -0.4 is 4.74 Å². The quantitative estimate of drug-likeness (QED) is 0.597. The van der Waals surface area contributed by atoms with Crippen LogP contribution in [-0.2, 0) is 5.33 Å². The van der Waals surface area contributed by atoms with Gasteiger partial charge >= 0.3 is 12.3 Å². The molecule has 4 nitrogen and oxygen atoms in total. The molecule has 0 bridgehead atoms. The lowest BCUT2D eigenvalue weighted by Gasteiger charge is -2.13.